The SMILES string of the molecule is CC(C)[C@H]1c2nc(C(=O)NCc3ccc(S(C)(=O)=O)cc3)sc2CN1Cc1ccc2n[nH]nc2c1. The first-order chi connectivity index (χ1) is 16.7. The summed E-state index contributed by atoms with van der Waals surface area (Å²) in [4.78, 5) is 21.3. The van der Waals surface area contributed by atoms with E-state index >= 15 is 0 Å². The maximum atomic E-state index is 12.8. The van der Waals surface area contributed by atoms with E-state index in [0.717, 1.165) is 45.8 Å². The Morgan fingerprint density at radius 1 is 1.14 bits per heavy atom. The molecular formula is C24H26N6O3S2. The number of nitrogens with zero attached hydrogens (tertiary/aromatic N) is 4. The van der Waals surface area contributed by atoms with Gasteiger partial charge in [-0.3, -0.25) is 9.69 Å². The number of benzene rings is 2. The molecule has 5 rings (SSSR count). The first kappa shape index (κ1) is 23.6. The zero-order valence-electron chi connectivity index (χ0n) is 19.6. The molecule has 3 heterocycles. The van der Waals surface area contributed by atoms with Crippen LogP contribution in [0.2, 0.25) is 0 Å². The number of H-pyrrole nitrogens is 1. The quantitative estimate of drug-likeness (QED) is 0.391. The van der Waals surface area contributed by atoms with Crippen molar-refractivity contribution in [2.24, 2.45) is 5.92 Å². The van der Waals surface area contributed by atoms with Gasteiger partial charge in [0.05, 0.1) is 16.6 Å². The summed E-state index contributed by atoms with van der Waals surface area (Å²) in [6.45, 7) is 6.16. The van der Waals surface area contributed by atoms with Crippen LogP contribution < -0.4 is 5.32 Å². The molecule has 4 aromatic rings. The third kappa shape index (κ3) is 4.84. The second kappa shape index (κ2) is 9.14. The Morgan fingerprint density at radius 3 is 2.57 bits per heavy atom. The number of carbonyl (C=O) groups excluding carboxylic acids is 1. The van der Waals surface area contributed by atoms with Gasteiger partial charge in [-0.2, -0.15) is 15.4 Å². The van der Waals surface area contributed by atoms with Crippen LogP contribution in [0.1, 0.15) is 51.4 Å². The number of hydrogen-bond acceptors (Lipinski definition) is 8. The van der Waals surface area contributed by atoms with E-state index in [1.165, 1.54) is 17.6 Å². The lowest BCUT2D eigenvalue weighted by Gasteiger charge is -2.27. The molecular weight excluding hydrogens is 484 g/mol. The summed E-state index contributed by atoms with van der Waals surface area (Å²) in [6, 6.07) is 12.7. The lowest BCUT2D eigenvalue weighted by atomic mass is 10.0. The van der Waals surface area contributed by atoms with Crippen LogP contribution >= 0.6 is 11.3 Å². The van der Waals surface area contributed by atoms with Gasteiger partial charge in [0.1, 0.15) is 11.0 Å². The highest BCUT2D eigenvalue weighted by molar-refractivity contribution is 7.90. The smallest absolute Gasteiger partial charge is 0.280 e. The molecule has 0 aliphatic carbocycles. The second-order valence-electron chi connectivity index (χ2n) is 9.17. The summed E-state index contributed by atoms with van der Waals surface area (Å²) >= 11 is 1.44. The number of aromatic amines is 1. The molecule has 1 amide bonds. The second-order valence-corrected chi connectivity index (χ2v) is 12.3. The lowest BCUT2D eigenvalue weighted by molar-refractivity contribution is 0.0949. The number of nitrogens with one attached hydrogen (secondary N) is 2. The van der Waals surface area contributed by atoms with Crippen LogP contribution in [0.5, 0.6) is 0 Å². The van der Waals surface area contributed by atoms with E-state index in [2.05, 4.69) is 51.6 Å². The number of fused-ring (bicyclic) bond motifs is 2. The minimum atomic E-state index is -3.24. The Hall–Kier alpha value is -3.15. The van der Waals surface area contributed by atoms with Gasteiger partial charge in [0, 0.05) is 30.8 Å². The fraction of sp³-hybridized carbons (Fsp3) is 0.333. The summed E-state index contributed by atoms with van der Waals surface area (Å²) in [5, 5.41) is 14.3. The van der Waals surface area contributed by atoms with E-state index in [1.807, 2.05) is 6.07 Å². The van der Waals surface area contributed by atoms with Crippen LogP contribution in [-0.4, -0.2) is 45.9 Å². The molecule has 0 bridgehead atoms. The standard InChI is InChI=1S/C24H26N6O3S2/c1-14(2)22-21-20(13-30(22)12-16-6-9-18-19(10-16)28-29-27-18)34-24(26-21)23(31)25-11-15-4-7-17(8-5-15)35(3,32)33/h4-10,14,22H,11-13H2,1-3H3,(H,25,31)(H,27,28,29)/t22-/m0/s1. The van der Waals surface area contributed by atoms with E-state index in [0.29, 0.717) is 17.5 Å². The van der Waals surface area contributed by atoms with Crippen LogP contribution in [0, 0.1) is 5.92 Å². The average molecular weight is 511 g/mol. The number of carbonyl (C=O) groups is 1. The largest absolute Gasteiger partial charge is 0.346 e. The average Bonchev–Trinajstić information content (AvgIpc) is 3.51. The number of rotatable bonds is 7. The molecule has 2 aromatic carbocycles. The summed E-state index contributed by atoms with van der Waals surface area (Å²) < 4.78 is 23.2. The van der Waals surface area contributed by atoms with Gasteiger partial charge in [-0.25, -0.2) is 13.4 Å². The molecule has 0 saturated heterocycles. The maximum Gasteiger partial charge on any atom is 0.280 e. The van der Waals surface area contributed by atoms with Crippen molar-refractivity contribution >= 4 is 38.1 Å². The van der Waals surface area contributed by atoms with Crippen molar-refractivity contribution in [1.29, 1.82) is 0 Å². The van der Waals surface area contributed by atoms with Gasteiger partial charge in [-0.05, 0) is 41.3 Å². The highest BCUT2D eigenvalue weighted by atomic mass is 32.2. The van der Waals surface area contributed by atoms with Gasteiger partial charge in [0.2, 0.25) is 0 Å². The maximum absolute atomic E-state index is 12.8. The number of sulfone groups is 1. The third-order valence-corrected chi connectivity index (χ3v) is 8.33. The van der Waals surface area contributed by atoms with Gasteiger partial charge in [0.15, 0.2) is 14.8 Å². The van der Waals surface area contributed by atoms with Crippen molar-refractivity contribution in [3.63, 3.8) is 0 Å². The molecule has 2 aromatic heterocycles. The Labute approximate surface area is 207 Å². The van der Waals surface area contributed by atoms with Gasteiger partial charge < -0.3 is 5.32 Å². The summed E-state index contributed by atoms with van der Waals surface area (Å²) in [5.41, 5.74) is 4.66. The summed E-state index contributed by atoms with van der Waals surface area (Å²) in [5.74, 6) is 0.112. The predicted octanol–water partition coefficient (Wildman–Crippen LogP) is 3.46. The van der Waals surface area contributed by atoms with Crippen molar-refractivity contribution in [2.75, 3.05) is 6.26 Å². The Kier molecular flexibility index (Phi) is 6.16. The summed E-state index contributed by atoms with van der Waals surface area (Å²) in [7, 11) is -3.24. The molecule has 1 atom stereocenters. The van der Waals surface area contributed by atoms with E-state index in [1.54, 1.807) is 24.3 Å². The van der Waals surface area contributed by atoms with Crippen LogP contribution in [0.4, 0.5) is 0 Å². The zero-order chi connectivity index (χ0) is 24.7. The van der Waals surface area contributed by atoms with Gasteiger partial charge in [-0.1, -0.05) is 32.0 Å². The molecule has 182 valence electrons. The summed E-state index contributed by atoms with van der Waals surface area (Å²) in [6.07, 6.45) is 1.17. The minimum Gasteiger partial charge on any atom is -0.346 e. The normalized spacial score (nSPS) is 16.2. The molecule has 0 fully saturated rings. The van der Waals surface area contributed by atoms with E-state index in [4.69, 9.17) is 4.98 Å². The Bertz CT molecular complexity index is 1490. The monoisotopic (exact) mass is 510 g/mol. The van der Waals surface area contributed by atoms with Gasteiger partial charge in [0.25, 0.3) is 5.91 Å². The van der Waals surface area contributed by atoms with Crippen molar-refractivity contribution < 1.29 is 13.2 Å². The number of hydrogen-bond donors (Lipinski definition) is 2. The molecule has 0 radical (unpaired) electrons. The Balaban J connectivity index is 1.27. The fourth-order valence-electron chi connectivity index (χ4n) is 4.48. The topological polar surface area (TPSA) is 121 Å². The van der Waals surface area contributed by atoms with Crippen LogP contribution in [-0.2, 0) is 29.5 Å². The fourth-order valence-corrected chi connectivity index (χ4v) is 6.16. The van der Waals surface area contributed by atoms with E-state index in [9.17, 15) is 13.2 Å². The minimum absolute atomic E-state index is 0.124. The Morgan fingerprint density at radius 2 is 1.86 bits per heavy atom. The highest BCUT2D eigenvalue weighted by Crippen LogP contribution is 2.41. The molecule has 0 spiro atoms. The molecule has 2 N–H and O–H groups in total. The van der Waals surface area contributed by atoms with E-state index in [-0.39, 0.29) is 16.8 Å². The zero-order valence-corrected chi connectivity index (χ0v) is 21.3. The molecule has 9 nitrogen and oxygen atoms in total. The first-order valence-electron chi connectivity index (χ1n) is 11.3. The highest BCUT2D eigenvalue weighted by Gasteiger charge is 2.36. The third-order valence-electron chi connectivity index (χ3n) is 6.14. The van der Waals surface area contributed by atoms with Crippen LogP contribution in [0.15, 0.2) is 47.4 Å². The van der Waals surface area contributed by atoms with Crippen LogP contribution in [0.25, 0.3) is 11.0 Å². The van der Waals surface area contributed by atoms with Crippen molar-refractivity contribution in [2.45, 2.75) is 44.4 Å². The number of aromatic nitrogens is 4. The molecule has 0 saturated carbocycles. The van der Waals surface area contributed by atoms with Gasteiger partial charge >= 0.3 is 0 Å². The first-order valence-corrected chi connectivity index (χ1v) is 14.0. The van der Waals surface area contributed by atoms with Crippen molar-refractivity contribution in [1.82, 2.24) is 30.6 Å². The predicted molar refractivity (Wildman–Crippen MR) is 134 cm³/mol. The molecule has 35 heavy (non-hydrogen) atoms. The molecule has 1 aliphatic heterocycles. The molecule has 11 heteroatoms. The van der Waals surface area contributed by atoms with Crippen molar-refractivity contribution in [3.05, 3.63) is 69.2 Å². The molecule has 0 unspecified atom stereocenters. The number of thiazole rings is 1. The van der Waals surface area contributed by atoms with Crippen LogP contribution in [0.3, 0.4) is 0 Å². The molecule has 1 aliphatic rings. The number of amides is 1. The van der Waals surface area contributed by atoms with Crippen molar-refractivity contribution in [3.8, 4) is 0 Å². The lowest BCUT2D eigenvalue weighted by Crippen LogP contribution is -2.27. The van der Waals surface area contributed by atoms with E-state index < -0.39 is 9.84 Å². The van der Waals surface area contributed by atoms with Gasteiger partial charge in [-0.15, -0.1) is 11.3 Å².